The number of nitrogens with zero attached hydrogens (tertiary/aromatic N) is 1. The van der Waals surface area contributed by atoms with Crippen LogP contribution in [0.25, 0.3) is 0 Å². The van der Waals surface area contributed by atoms with Gasteiger partial charge < -0.3 is 15.4 Å². The van der Waals surface area contributed by atoms with E-state index in [1.807, 2.05) is 12.1 Å². The standard InChI is InChI=1S/C16H24Cl2N2O/c1-20(11-12-5-2-3-10-21-12)9-8-15(19)13-6-4-7-14(17)16(13)18/h4,6-7,12,15H,2-3,5,8-11,19H2,1H3. The van der Waals surface area contributed by atoms with E-state index in [1.54, 1.807) is 6.07 Å². The zero-order chi connectivity index (χ0) is 15.2. The smallest absolute Gasteiger partial charge is 0.0701 e. The van der Waals surface area contributed by atoms with Crippen molar-refractivity contribution in [2.45, 2.75) is 37.8 Å². The highest BCUT2D eigenvalue weighted by molar-refractivity contribution is 6.42. The second-order valence-corrected chi connectivity index (χ2v) is 6.57. The molecule has 1 aliphatic heterocycles. The second kappa shape index (κ2) is 8.35. The largest absolute Gasteiger partial charge is 0.377 e. The summed E-state index contributed by atoms with van der Waals surface area (Å²) < 4.78 is 5.76. The highest BCUT2D eigenvalue weighted by Crippen LogP contribution is 2.30. The molecule has 0 saturated carbocycles. The Balaban J connectivity index is 1.80. The van der Waals surface area contributed by atoms with Crippen molar-refractivity contribution in [3.63, 3.8) is 0 Å². The van der Waals surface area contributed by atoms with Gasteiger partial charge in [0, 0.05) is 19.2 Å². The first kappa shape index (κ1) is 17.0. The van der Waals surface area contributed by atoms with Crippen molar-refractivity contribution in [2.24, 2.45) is 5.73 Å². The zero-order valence-corrected chi connectivity index (χ0v) is 14.0. The van der Waals surface area contributed by atoms with Crippen LogP contribution in [0.3, 0.4) is 0 Å². The number of halogens is 2. The van der Waals surface area contributed by atoms with Crippen LogP contribution >= 0.6 is 23.2 Å². The van der Waals surface area contributed by atoms with Gasteiger partial charge in [-0.1, -0.05) is 35.3 Å². The van der Waals surface area contributed by atoms with Crippen molar-refractivity contribution in [3.8, 4) is 0 Å². The Morgan fingerprint density at radius 2 is 2.19 bits per heavy atom. The van der Waals surface area contributed by atoms with E-state index >= 15 is 0 Å². The summed E-state index contributed by atoms with van der Waals surface area (Å²) in [4.78, 5) is 2.29. The number of likely N-dealkylation sites (N-methyl/N-ethyl adjacent to an activating group) is 1. The van der Waals surface area contributed by atoms with E-state index in [1.165, 1.54) is 12.8 Å². The van der Waals surface area contributed by atoms with Gasteiger partial charge in [0.15, 0.2) is 0 Å². The lowest BCUT2D eigenvalue weighted by Crippen LogP contribution is -2.34. The summed E-state index contributed by atoms with van der Waals surface area (Å²) in [5.41, 5.74) is 7.17. The van der Waals surface area contributed by atoms with Gasteiger partial charge in [0.1, 0.15) is 0 Å². The first-order valence-electron chi connectivity index (χ1n) is 7.57. The molecule has 0 aliphatic carbocycles. The van der Waals surface area contributed by atoms with Gasteiger partial charge >= 0.3 is 0 Å². The highest BCUT2D eigenvalue weighted by Gasteiger charge is 2.17. The van der Waals surface area contributed by atoms with Crippen molar-refractivity contribution in [1.82, 2.24) is 4.90 Å². The molecular weight excluding hydrogens is 307 g/mol. The zero-order valence-electron chi connectivity index (χ0n) is 12.5. The van der Waals surface area contributed by atoms with Crippen LogP contribution < -0.4 is 5.73 Å². The van der Waals surface area contributed by atoms with Gasteiger partial charge in [-0.05, 0) is 50.9 Å². The molecular formula is C16H24Cl2N2O. The van der Waals surface area contributed by atoms with Crippen LogP contribution in [-0.4, -0.2) is 37.7 Å². The number of benzene rings is 1. The lowest BCUT2D eigenvalue weighted by atomic mass is 10.0. The van der Waals surface area contributed by atoms with Crippen molar-refractivity contribution >= 4 is 23.2 Å². The maximum absolute atomic E-state index is 6.25. The van der Waals surface area contributed by atoms with Gasteiger partial charge in [-0.2, -0.15) is 0 Å². The molecule has 1 aromatic carbocycles. The quantitative estimate of drug-likeness (QED) is 0.860. The van der Waals surface area contributed by atoms with Crippen LogP contribution in [0.2, 0.25) is 10.0 Å². The number of nitrogens with two attached hydrogens (primary N) is 1. The minimum atomic E-state index is -0.0917. The van der Waals surface area contributed by atoms with Crippen molar-refractivity contribution in [3.05, 3.63) is 33.8 Å². The fraction of sp³-hybridized carbons (Fsp3) is 0.625. The van der Waals surface area contributed by atoms with Crippen LogP contribution in [0, 0.1) is 0 Å². The number of rotatable bonds is 6. The average Bonchev–Trinajstić information content (AvgIpc) is 2.48. The molecule has 0 spiro atoms. The van der Waals surface area contributed by atoms with E-state index in [-0.39, 0.29) is 6.04 Å². The number of hydrogen-bond donors (Lipinski definition) is 1. The lowest BCUT2D eigenvalue weighted by molar-refractivity contribution is -0.00175. The fourth-order valence-electron chi connectivity index (χ4n) is 2.71. The summed E-state index contributed by atoms with van der Waals surface area (Å²) in [6.07, 6.45) is 4.85. The number of hydrogen-bond acceptors (Lipinski definition) is 3. The molecule has 21 heavy (non-hydrogen) atoms. The van der Waals surface area contributed by atoms with Gasteiger partial charge in [-0.15, -0.1) is 0 Å². The molecule has 1 saturated heterocycles. The molecule has 0 bridgehead atoms. The molecule has 3 nitrogen and oxygen atoms in total. The molecule has 2 rings (SSSR count). The average molecular weight is 331 g/mol. The first-order chi connectivity index (χ1) is 10.1. The SMILES string of the molecule is CN(CCC(N)c1cccc(Cl)c1Cl)CC1CCCCO1. The molecule has 0 radical (unpaired) electrons. The Kier molecular flexibility index (Phi) is 6.77. The highest BCUT2D eigenvalue weighted by atomic mass is 35.5. The van der Waals surface area contributed by atoms with Crippen LogP contribution in [0.5, 0.6) is 0 Å². The van der Waals surface area contributed by atoms with Crippen molar-refractivity contribution in [2.75, 3.05) is 26.7 Å². The predicted molar refractivity (Wildman–Crippen MR) is 89.1 cm³/mol. The summed E-state index contributed by atoms with van der Waals surface area (Å²) in [5, 5.41) is 1.14. The van der Waals surface area contributed by atoms with Crippen LogP contribution in [0.4, 0.5) is 0 Å². The topological polar surface area (TPSA) is 38.5 Å². The van der Waals surface area contributed by atoms with Crippen molar-refractivity contribution in [1.29, 1.82) is 0 Å². The van der Waals surface area contributed by atoms with Crippen molar-refractivity contribution < 1.29 is 4.74 Å². The van der Waals surface area contributed by atoms with E-state index in [0.717, 1.165) is 38.1 Å². The Bertz CT molecular complexity index is 450. The van der Waals surface area contributed by atoms with Gasteiger partial charge in [-0.3, -0.25) is 0 Å². The molecule has 1 aromatic rings. The maximum Gasteiger partial charge on any atom is 0.0701 e. The normalized spacial score (nSPS) is 20.7. The Labute approximate surface area is 137 Å². The molecule has 1 fully saturated rings. The summed E-state index contributed by atoms with van der Waals surface area (Å²) in [6, 6.07) is 5.53. The molecule has 118 valence electrons. The van der Waals surface area contributed by atoms with E-state index in [0.29, 0.717) is 16.1 Å². The van der Waals surface area contributed by atoms with Gasteiger partial charge in [0.25, 0.3) is 0 Å². The fourth-order valence-corrected chi connectivity index (χ4v) is 3.16. The molecule has 2 unspecified atom stereocenters. The minimum Gasteiger partial charge on any atom is -0.377 e. The van der Waals surface area contributed by atoms with E-state index in [2.05, 4.69) is 11.9 Å². The molecule has 5 heteroatoms. The minimum absolute atomic E-state index is 0.0917. The van der Waals surface area contributed by atoms with Crippen LogP contribution in [0.1, 0.15) is 37.3 Å². The lowest BCUT2D eigenvalue weighted by Gasteiger charge is -2.28. The molecule has 0 aromatic heterocycles. The molecule has 1 heterocycles. The molecule has 2 N–H and O–H groups in total. The van der Waals surface area contributed by atoms with Crippen LogP contribution in [-0.2, 0) is 4.74 Å². The van der Waals surface area contributed by atoms with Crippen LogP contribution in [0.15, 0.2) is 18.2 Å². The summed E-state index contributed by atoms with van der Waals surface area (Å²) in [7, 11) is 2.12. The third-order valence-electron chi connectivity index (χ3n) is 3.99. The third-order valence-corrected chi connectivity index (χ3v) is 4.83. The molecule has 2 atom stereocenters. The van der Waals surface area contributed by atoms with Gasteiger partial charge in [0.2, 0.25) is 0 Å². The monoisotopic (exact) mass is 330 g/mol. The Morgan fingerprint density at radius 3 is 2.90 bits per heavy atom. The molecule has 0 amide bonds. The van der Waals surface area contributed by atoms with E-state index in [9.17, 15) is 0 Å². The predicted octanol–water partition coefficient (Wildman–Crippen LogP) is 3.88. The van der Waals surface area contributed by atoms with E-state index in [4.69, 9.17) is 33.7 Å². The third kappa shape index (κ3) is 5.11. The Morgan fingerprint density at radius 1 is 1.38 bits per heavy atom. The number of ether oxygens (including phenoxy) is 1. The molecule has 1 aliphatic rings. The summed E-state index contributed by atoms with van der Waals surface area (Å²) in [5.74, 6) is 0. The van der Waals surface area contributed by atoms with Gasteiger partial charge in [0.05, 0.1) is 16.1 Å². The van der Waals surface area contributed by atoms with E-state index < -0.39 is 0 Å². The first-order valence-corrected chi connectivity index (χ1v) is 8.33. The Hall–Kier alpha value is -0.320. The maximum atomic E-state index is 6.25. The summed E-state index contributed by atoms with van der Waals surface area (Å²) in [6.45, 7) is 2.79. The summed E-state index contributed by atoms with van der Waals surface area (Å²) >= 11 is 12.2. The van der Waals surface area contributed by atoms with Gasteiger partial charge in [-0.25, -0.2) is 0 Å². The second-order valence-electron chi connectivity index (χ2n) is 5.79.